The van der Waals surface area contributed by atoms with Crippen molar-refractivity contribution in [3.05, 3.63) is 95.1 Å². The third-order valence-electron chi connectivity index (χ3n) is 4.72. The van der Waals surface area contributed by atoms with Crippen LogP contribution in [0.3, 0.4) is 0 Å². The maximum atomic E-state index is 12.6. The molecule has 2 N–H and O–H groups in total. The van der Waals surface area contributed by atoms with E-state index in [9.17, 15) is 14.4 Å². The predicted octanol–water partition coefficient (Wildman–Crippen LogP) is 4.54. The van der Waals surface area contributed by atoms with Gasteiger partial charge < -0.3 is 10.6 Å². The summed E-state index contributed by atoms with van der Waals surface area (Å²) in [6, 6.07) is 23.4. The summed E-state index contributed by atoms with van der Waals surface area (Å²) in [6.07, 6.45) is 1.59. The van der Waals surface area contributed by atoms with Crippen molar-refractivity contribution in [3.8, 4) is 11.1 Å². The van der Waals surface area contributed by atoms with E-state index in [2.05, 4.69) is 10.6 Å². The molecule has 1 aliphatic heterocycles. The molecule has 1 fully saturated rings. The summed E-state index contributed by atoms with van der Waals surface area (Å²) in [5, 5.41) is 5.70. The van der Waals surface area contributed by atoms with E-state index in [1.165, 1.54) is 0 Å². The average Bonchev–Trinajstić information content (AvgIpc) is 3.04. The van der Waals surface area contributed by atoms with E-state index < -0.39 is 24.4 Å². The minimum Gasteiger partial charge on any atom is -0.325 e. The van der Waals surface area contributed by atoms with Gasteiger partial charge in [0.15, 0.2) is 0 Å². The summed E-state index contributed by atoms with van der Waals surface area (Å²) in [4.78, 5) is 37.9. The van der Waals surface area contributed by atoms with Crippen LogP contribution in [0.5, 0.6) is 0 Å². The maximum Gasteiger partial charge on any atom is 0.329 e. The third kappa shape index (κ3) is 4.82. The lowest BCUT2D eigenvalue weighted by Gasteiger charge is -2.12. The van der Waals surface area contributed by atoms with E-state index >= 15 is 0 Å². The third-order valence-corrected chi connectivity index (χ3v) is 4.97. The Labute approximate surface area is 184 Å². The molecule has 0 bridgehead atoms. The molecule has 0 atom stereocenters. The van der Waals surface area contributed by atoms with Crippen LogP contribution in [0.15, 0.2) is 84.6 Å². The van der Waals surface area contributed by atoms with Gasteiger partial charge in [0.25, 0.3) is 5.91 Å². The molecular weight excluding hydrogens is 414 g/mol. The van der Waals surface area contributed by atoms with Gasteiger partial charge in [0.2, 0.25) is 5.91 Å². The molecule has 154 valence electrons. The standard InChI is InChI=1S/C24H18ClN3O3/c25-19-10-12-20(13-11-19)26-22(29)15-28-23(30)21(27-24(28)31)14-16-6-8-18(9-7-16)17-4-2-1-3-5-17/h1-14H,15H2,(H,26,29)(H,27,31). The second-order valence-corrected chi connectivity index (χ2v) is 7.36. The van der Waals surface area contributed by atoms with Crippen LogP contribution in [0.25, 0.3) is 17.2 Å². The van der Waals surface area contributed by atoms with Crippen LogP contribution >= 0.6 is 11.6 Å². The Hall–Kier alpha value is -3.90. The predicted molar refractivity (Wildman–Crippen MR) is 120 cm³/mol. The molecule has 4 amide bonds. The SMILES string of the molecule is O=C(CN1C(=O)NC(=Cc2ccc(-c3ccccc3)cc2)C1=O)Nc1ccc(Cl)cc1. The molecule has 1 saturated heterocycles. The molecule has 0 aromatic heterocycles. The molecule has 1 aliphatic rings. The molecule has 7 heteroatoms. The molecule has 3 aromatic rings. The molecule has 1 heterocycles. The minimum atomic E-state index is -0.636. The number of rotatable bonds is 5. The molecular formula is C24H18ClN3O3. The van der Waals surface area contributed by atoms with Crippen molar-refractivity contribution in [3.63, 3.8) is 0 Å². The van der Waals surface area contributed by atoms with Crippen LogP contribution in [0.4, 0.5) is 10.5 Å². The van der Waals surface area contributed by atoms with Gasteiger partial charge >= 0.3 is 6.03 Å². The van der Waals surface area contributed by atoms with Crippen molar-refractivity contribution in [2.45, 2.75) is 0 Å². The fourth-order valence-corrected chi connectivity index (χ4v) is 3.29. The summed E-state index contributed by atoms with van der Waals surface area (Å²) in [5.74, 6) is -1.04. The fraction of sp³-hybridized carbons (Fsp3) is 0.0417. The largest absolute Gasteiger partial charge is 0.329 e. The van der Waals surface area contributed by atoms with Gasteiger partial charge in [0.05, 0.1) is 0 Å². The van der Waals surface area contributed by atoms with Crippen LogP contribution in [-0.4, -0.2) is 29.3 Å². The summed E-state index contributed by atoms with van der Waals surface area (Å²) in [5.41, 5.74) is 3.54. The molecule has 0 spiro atoms. The number of hydrogen-bond acceptors (Lipinski definition) is 3. The lowest BCUT2D eigenvalue weighted by molar-refractivity contribution is -0.127. The topological polar surface area (TPSA) is 78.5 Å². The second kappa shape index (κ2) is 8.85. The second-order valence-electron chi connectivity index (χ2n) is 6.92. The number of hydrogen-bond donors (Lipinski definition) is 2. The van der Waals surface area contributed by atoms with Gasteiger partial charge in [-0.15, -0.1) is 0 Å². The van der Waals surface area contributed by atoms with Crippen molar-refractivity contribution in [1.82, 2.24) is 10.2 Å². The first-order chi connectivity index (χ1) is 15.0. The number of halogens is 1. The van der Waals surface area contributed by atoms with E-state index in [1.54, 1.807) is 30.3 Å². The van der Waals surface area contributed by atoms with E-state index in [4.69, 9.17) is 11.6 Å². The summed E-state index contributed by atoms with van der Waals surface area (Å²) in [6.45, 7) is -0.391. The normalized spacial score (nSPS) is 14.6. The Balaban J connectivity index is 1.43. The Morgan fingerprint density at radius 1 is 0.903 bits per heavy atom. The number of carbonyl (C=O) groups is 3. The van der Waals surface area contributed by atoms with Crippen molar-refractivity contribution >= 4 is 41.2 Å². The first kappa shape index (κ1) is 20.4. The molecule has 6 nitrogen and oxygen atoms in total. The zero-order valence-corrected chi connectivity index (χ0v) is 17.1. The Morgan fingerprint density at radius 2 is 1.55 bits per heavy atom. The molecule has 0 radical (unpaired) electrons. The lowest BCUT2D eigenvalue weighted by Crippen LogP contribution is -2.38. The number of urea groups is 1. The Kier molecular flexibility index (Phi) is 5.82. The van der Waals surface area contributed by atoms with Crippen molar-refractivity contribution < 1.29 is 14.4 Å². The number of nitrogens with zero attached hydrogens (tertiary/aromatic N) is 1. The van der Waals surface area contributed by atoms with E-state index in [0.717, 1.165) is 21.6 Å². The van der Waals surface area contributed by atoms with Gasteiger partial charge in [0, 0.05) is 10.7 Å². The van der Waals surface area contributed by atoms with Gasteiger partial charge in [-0.25, -0.2) is 9.69 Å². The fourth-order valence-electron chi connectivity index (χ4n) is 3.16. The van der Waals surface area contributed by atoms with Crippen molar-refractivity contribution in [2.24, 2.45) is 0 Å². The zero-order valence-electron chi connectivity index (χ0n) is 16.3. The minimum absolute atomic E-state index is 0.122. The van der Waals surface area contributed by atoms with Gasteiger partial charge in [-0.05, 0) is 47.0 Å². The highest BCUT2D eigenvalue weighted by molar-refractivity contribution is 6.30. The van der Waals surface area contributed by atoms with Gasteiger partial charge in [-0.1, -0.05) is 66.2 Å². The molecule has 31 heavy (non-hydrogen) atoms. The quantitative estimate of drug-likeness (QED) is 0.460. The number of benzene rings is 3. The van der Waals surface area contributed by atoms with Crippen LogP contribution in [-0.2, 0) is 9.59 Å². The lowest BCUT2D eigenvalue weighted by atomic mass is 10.0. The smallest absolute Gasteiger partial charge is 0.325 e. The number of carbonyl (C=O) groups excluding carboxylic acids is 3. The van der Waals surface area contributed by atoms with Crippen LogP contribution in [0, 0.1) is 0 Å². The highest BCUT2D eigenvalue weighted by Gasteiger charge is 2.34. The van der Waals surface area contributed by atoms with Gasteiger partial charge in [-0.3, -0.25) is 9.59 Å². The maximum absolute atomic E-state index is 12.6. The molecule has 0 aliphatic carbocycles. The number of amides is 4. The average molecular weight is 432 g/mol. The van der Waals surface area contributed by atoms with Crippen molar-refractivity contribution in [2.75, 3.05) is 11.9 Å². The zero-order chi connectivity index (χ0) is 21.8. The van der Waals surface area contributed by atoms with Crippen molar-refractivity contribution in [1.29, 1.82) is 0 Å². The number of anilines is 1. The van der Waals surface area contributed by atoms with Crippen LogP contribution in [0.1, 0.15) is 5.56 Å². The summed E-state index contributed by atoms with van der Waals surface area (Å²) in [7, 11) is 0. The monoisotopic (exact) mass is 431 g/mol. The van der Waals surface area contributed by atoms with Crippen LogP contribution < -0.4 is 10.6 Å². The summed E-state index contributed by atoms with van der Waals surface area (Å²) >= 11 is 5.82. The molecule has 0 unspecified atom stereocenters. The Bertz CT molecular complexity index is 1160. The van der Waals surface area contributed by atoms with E-state index in [-0.39, 0.29) is 5.70 Å². The number of nitrogens with one attached hydrogen (secondary N) is 2. The Morgan fingerprint density at radius 3 is 2.23 bits per heavy atom. The number of imide groups is 1. The molecule has 3 aromatic carbocycles. The van der Waals surface area contributed by atoms with Gasteiger partial charge in [-0.2, -0.15) is 0 Å². The summed E-state index contributed by atoms with van der Waals surface area (Å²) < 4.78 is 0. The highest BCUT2D eigenvalue weighted by atomic mass is 35.5. The van der Waals surface area contributed by atoms with E-state index in [0.29, 0.717) is 10.7 Å². The van der Waals surface area contributed by atoms with Gasteiger partial charge in [0.1, 0.15) is 12.2 Å². The first-order valence-electron chi connectivity index (χ1n) is 9.55. The van der Waals surface area contributed by atoms with Crippen LogP contribution in [0.2, 0.25) is 5.02 Å². The molecule has 0 saturated carbocycles. The highest BCUT2D eigenvalue weighted by Crippen LogP contribution is 2.21. The first-order valence-corrected chi connectivity index (χ1v) is 9.93. The van der Waals surface area contributed by atoms with E-state index in [1.807, 2.05) is 54.6 Å². The molecule has 4 rings (SSSR count).